The molecule has 0 heterocycles. The number of hydroxylamine groups is 1. The van der Waals surface area contributed by atoms with Gasteiger partial charge in [-0.2, -0.15) is 0 Å². The Labute approximate surface area is 148 Å². The van der Waals surface area contributed by atoms with Gasteiger partial charge in [-0.15, -0.1) is 0 Å². The summed E-state index contributed by atoms with van der Waals surface area (Å²) in [6.45, 7) is 1.70. The highest BCUT2D eigenvalue weighted by Crippen LogP contribution is 2.24. The second-order valence-corrected chi connectivity index (χ2v) is 6.23. The molecule has 0 aliphatic heterocycles. The van der Waals surface area contributed by atoms with Crippen molar-refractivity contribution in [3.05, 3.63) is 41.5 Å². The van der Waals surface area contributed by atoms with Gasteiger partial charge >= 0.3 is 5.97 Å². The van der Waals surface area contributed by atoms with E-state index in [2.05, 4.69) is 5.32 Å². The van der Waals surface area contributed by atoms with Gasteiger partial charge in [-0.1, -0.05) is 43.5 Å². The molecule has 1 aliphatic carbocycles. The van der Waals surface area contributed by atoms with E-state index in [0.29, 0.717) is 19.7 Å². The lowest BCUT2D eigenvalue weighted by molar-refractivity contribution is -0.149. The fourth-order valence-corrected chi connectivity index (χ4v) is 2.87. The fourth-order valence-electron chi connectivity index (χ4n) is 2.87. The molecule has 3 N–H and O–H groups in total. The van der Waals surface area contributed by atoms with Crippen LogP contribution in [-0.2, 0) is 20.9 Å². The average Bonchev–Trinajstić information content (AvgIpc) is 2.67. The quantitative estimate of drug-likeness (QED) is 0.221. The van der Waals surface area contributed by atoms with Crippen molar-refractivity contribution in [1.29, 1.82) is 0 Å². The van der Waals surface area contributed by atoms with E-state index in [-0.39, 0.29) is 11.9 Å². The molecule has 0 unspecified atom stereocenters. The first kappa shape index (κ1) is 19.1. The number of rotatable bonds is 8. The van der Waals surface area contributed by atoms with Crippen molar-refractivity contribution in [2.75, 3.05) is 13.2 Å². The smallest absolute Gasteiger partial charge is 0.308 e. The number of esters is 1. The van der Waals surface area contributed by atoms with E-state index in [1.165, 1.54) is 12.5 Å². The zero-order chi connectivity index (χ0) is 17.9. The van der Waals surface area contributed by atoms with Gasteiger partial charge in [0.05, 0.1) is 5.92 Å². The molecule has 1 saturated carbocycles. The van der Waals surface area contributed by atoms with Crippen molar-refractivity contribution >= 4 is 18.0 Å². The summed E-state index contributed by atoms with van der Waals surface area (Å²) >= 11 is 0. The summed E-state index contributed by atoms with van der Waals surface area (Å²) in [7, 11) is 0. The maximum absolute atomic E-state index is 11.9. The number of carbonyl (C=O) groups is 2. The SMILES string of the molecule is O=C(/C=C/c1ccc(CNCCOC(=O)C2CCCCC2)cc1)NO. The van der Waals surface area contributed by atoms with Crippen molar-refractivity contribution in [2.45, 2.75) is 38.6 Å². The van der Waals surface area contributed by atoms with E-state index >= 15 is 0 Å². The van der Waals surface area contributed by atoms with Crippen LogP contribution in [0, 0.1) is 5.92 Å². The van der Waals surface area contributed by atoms with E-state index < -0.39 is 5.91 Å². The molecule has 2 rings (SSSR count). The molecule has 6 nitrogen and oxygen atoms in total. The van der Waals surface area contributed by atoms with Gasteiger partial charge in [-0.3, -0.25) is 14.8 Å². The lowest BCUT2D eigenvalue weighted by Gasteiger charge is -2.19. The Hall–Kier alpha value is -2.18. The maximum atomic E-state index is 11.9. The molecule has 1 amide bonds. The van der Waals surface area contributed by atoms with Crippen LogP contribution in [0.3, 0.4) is 0 Å². The van der Waals surface area contributed by atoms with Gasteiger partial charge < -0.3 is 10.1 Å². The summed E-state index contributed by atoms with van der Waals surface area (Å²) in [6.07, 6.45) is 8.30. The molecule has 1 fully saturated rings. The highest BCUT2D eigenvalue weighted by Gasteiger charge is 2.21. The van der Waals surface area contributed by atoms with Gasteiger partial charge in [0.1, 0.15) is 6.61 Å². The van der Waals surface area contributed by atoms with Crippen LogP contribution in [0.15, 0.2) is 30.3 Å². The summed E-state index contributed by atoms with van der Waals surface area (Å²) in [4.78, 5) is 22.8. The topological polar surface area (TPSA) is 87.7 Å². The molecule has 0 spiro atoms. The lowest BCUT2D eigenvalue weighted by atomic mass is 9.89. The molecule has 25 heavy (non-hydrogen) atoms. The highest BCUT2D eigenvalue weighted by atomic mass is 16.5. The zero-order valence-corrected chi connectivity index (χ0v) is 14.4. The minimum atomic E-state index is -0.562. The van der Waals surface area contributed by atoms with Gasteiger partial charge in [0, 0.05) is 19.2 Å². The van der Waals surface area contributed by atoms with Crippen LogP contribution in [0.2, 0.25) is 0 Å². The van der Waals surface area contributed by atoms with Crippen molar-refractivity contribution in [3.63, 3.8) is 0 Å². The number of nitrogens with one attached hydrogen (secondary N) is 2. The van der Waals surface area contributed by atoms with Crippen LogP contribution in [0.1, 0.15) is 43.2 Å². The Morgan fingerprint density at radius 3 is 2.56 bits per heavy atom. The van der Waals surface area contributed by atoms with Crippen molar-refractivity contribution in [3.8, 4) is 0 Å². The van der Waals surface area contributed by atoms with Gasteiger partial charge in [0.15, 0.2) is 0 Å². The Balaban J connectivity index is 1.62. The molecule has 136 valence electrons. The van der Waals surface area contributed by atoms with Crippen molar-refractivity contribution < 1.29 is 19.5 Å². The Morgan fingerprint density at radius 1 is 1.16 bits per heavy atom. The molecule has 0 aromatic heterocycles. The molecule has 0 bridgehead atoms. The minimum Gasteiger partial charge on any atom is -0.464 e. The normalized spacial score (nSPS) is 15.2. The maximum Gasteiger partial charge on any atom is 0.308 e. The summed E-state index contributed by atoms with van der Waals surface area (Å²) in [5.41, 5.74) is 3.51. The Kier molecular flexibility index (Phi) is 8.15. The molecule has 1 aliphatic rings. The van der Waals surface area contributed by atoms with Crippen LogP contribution in [0.4, 0.5) is 0 Å². The van der Waals surface area contributed by atoms with E-state index in [0.717, 1.165) is 36.8 Å². The van der Waals surface area contributed by atoms with E-state index in [4.69, 9.17) is 9.94 Å². The van der Waals surface area contributed by atoms with Gasteiger partial charge in [0.2, 0.25) is 0 Å². The molecule has 0 saturated heterocycles. The second-order valence-electron chi connectivity index (χ2n) is 6.23. The highest BCUT2D eigenvalue weighted by molar-refractivity contribution is 5.90. The average molecular weight is 346 g/mol. The van der Waals surface area contributed by atoms with Gasteiger partial charge in [0.25, 0.3) is 5.91 Å². The van der Waals surface area contributed by atoms with E-state index in [1.807, 2.05) is 24.3 Å². The summed E-state index contributed by atoms with van der Waals surface area (Å²) < 4.78 is 5.33. The van der Waals surface area contributed by atoms with Crippen molar-refractivity contribution in [2.24, 2.45) is 5.92 Å². The summed E-state index contributed by atoms with van der Waals surface area (Å²) in [5.74, 6) is -0.514. The van der Waals surface area contributed by atoms with E-state index in [1.54, 1.807) is 11.6 Å². The largest absolute Gasteiger partial charge is 0.464 e. The van der Waals surface area contributed by atoms with E-state index in [9.17, 15) is 9.59 Å². The number of amides is 1. The minimum absolute atomic E-state index is 0.0513. The second kappa shape index (κ2) is 10.6. The molecule has 1 aromatic rings. The monoisotopic (exact) mass is 346 g/mol. The number of ether oxygens (including phenoxy) is 1. The number of hydrogen-bond donors (Lipinski definition) is 3. The number of carbonyl (C=O) groups excluding carboxylic acids is 2. The fraction of sp³-hybridized carbons (Fsp3) is 0.474. The number of hydrogen-bond acceptors (Lipinski definition) is 5. The Bertz CT molecular complexity index is 578. The predicted octanol–water partition coefficient (Wildman–Crippen LogP) is 2.42. The van der Waals surface area contributed by atoms with Crippen molar-refractivity contribution in [1.82, 2.24) is 10.8 Å². The molecular formula is C19H26N2O4. The van der Waals surface area contributed by atoms with Crippen LogP contribution in [0.25, 0.3) is 6.08 Å². The first-order valence-electron chi connectivity index (χ1n) is 8.77. The predicted molar refractivity (Wildman–Crippen MR) is 94.6 cm³/mol. The first-order chi connectivity index (χ1) is 12.2. The van der Waals surface area contributed by atoms with Gasteiger partial charge in [-0.25, -0.2) is 5.48 Å². The zero-order valence-electron chi connectivity index (χ0n) is 14.4. The van der Waals surface area contributed by atoms with Crippen LogP contribution in [0.5, 0.6) is 0 Å². The molecule has 0 atom stereocenters. The summed E-state index contributed by atoms with van der Waals surface area (Å²) in [5, 5.41) is 11.7. The third kappa shape index (κ3) is 7.07. The first-order valence-corrected chi connectivity index (χ1v) is 8.77. The third-order valence-corrected chi connectivity index (χ3v) is 4.31. The van der Waals surface area contributed by atoms with Crippen LogP contribution < -0.4 is 10.8 Å². The number of benzene rings is 1. The van der Waals surface area contributed by atoms with Crippen LogP contribution in [-0.4, -0.2) is 30.2 Å². The molecule has 0 radical (unpaired) electrons. The van der Waals surface area contributed by atoms with Crippen LogP contribution >= 0.6 is 0 Å². The molecular weight excluding hydrogens is 320 g/mol. The Morgan fingerprint density at radius 2 is 1.88 bits per heavy atom. The molecule has 6 heteroatoms. The molecule has 1 aromatic carbocycles. The van der Waals surface area contributed by atoms with Gasteiger partial charge in [-0.05, 0) is 30.0 Å². The lowest BCUT2D eigenvalue weighted by Crippen LogP contribution is -2.25. The third-order valence-electron chi connectivity index (χ3n) is 4.31. The summed E-state index contributed by atoms with van der Waals surface area (Å²) in [6, 6.07) is 7.69. The standard InChI is InChI=1S/C19H26N2O4/c22-18(21-24)11-10-15-6-8-16(9-7-15)14-20-12-13-25-19(23)17-4-2-1-3-5-17/h6-11,17,20,24H,1-5,12-14H2,(H,21,22)/b11-10+.